The van der Waals surface area contributed by atoms with Crippen molar-refractivity contribution < 1.29 is 38.8 Å². The van der Waals surface area contributed by atoms with Crippen molar-refractivity contribution >= 4 is 11.8 Å². The molecule has 6 atom stereocenters. The highest BCUT2D eigenvalue weighted by atomic mass is 16.7. The zero-order chi connectivity index (χ0) is 43.4. The van der Waals surface area contributed by atoms with Gasteiger partial charge in [-0.15, -0.1) is 6.58 Å². The van der Waals surface area contributed by atoms with Crippen LogP contribution in [0.5, 0.6) is 11.5 Å². The number of carbonyl (C=O) groups excluding carboxylic acids is 1. The van der Waals surface area contributed by atoms with E-state index in [0.717, 1.165) is 59.5 Å². The minimum atomic E-state index is -1.37. The first-order valence-electron chi connectivity index (χ1n) is 22.2. The summed E-state index contributed by atoms with van der Waals surface area (Å²) < 4.78 is 27.0. The number of hydrogen-bond acceptors (Lipinski definition) is 10. The number of benzene rings is 2. The number of unbranched alkanes of at least 4 members (excludes halogenated alkanes) is 2. The summed E-state index contributed by atoms with van der Waals surface area (Å²) in [7, 11) is 0. The molecule has 1 aliphatic heterocycles. The van der Waals surface area contributed by atoms with E-state index in [-0.39, 0.29) is 56.2 Å². The second-order valence-electron chi connectivity index (χ2n) is 17.9. The van der Waals surface area contributed by atoms with Gasteiger partial charge in [-0.3, -0.25) is 9.88 Å². The molecule has 0 radical (unpaired) electrons. The predicted octanol–water partition coefficient (Wildman–Crippen LogP) is 9.70. The standard InChI is InChI=1S/C50H67N3O8/c1-7-25-53(48(56)58-34-49(4,5)6)45-31-43(52-60-32-36-18-10-9-11-19-36)41-29-37(20-12-14-26-54)40(22-13-15-27-55)46-42-30-39(57-33-38-21-16-17-35(3)51-38)23-24-44(42)61-50(45,47(41)46)59-28-8-2/h8-11,16-19,21,23-24,29-30,37,40,45-47,54-55H,2,7,12-15,20,22,25-28,31-34H2,1,3-6H3/t37-,40+,45-,46+,47+,50+/m0/s1. The van der Waals surface area contributed by atoms with Crippen molar-refractivity contribution in [1.29, 1.82) is 0 Å². The fourth-order valence-corrected chi connectivity index (χ4v) is 9.31. The molecule has 11 nitrogen and oxygen atoms in total. The third-order valence-electron chi connectivity index (χ3n) is 11.9. The molecule has 2 N–H and O–H groups in total. The number of hydrogen-bond donors (Lipinski definition) is 2. The van der Waals surface area contributed by atoms with E-state index in [4.69, 9.17) is 28.9 Å². The molecule has 0 saturated heterocycles. The lowest BCUT2D eigenvalue weighted by Gasteiger charge is -2.60. The summed E-state index contributed by atoms with van der Waals surface area (Å²) in [5.74, 6) is -0.440. The maximum absolute atomic E-state index is 14.5. The van der Waals surface area contributed by atoms with Crippen molar-refractivity contribution in [3.63, 3.8) is 0 Å². The van der Waals surface area contributed by atoms with E-state index in [9.17, 15) is 15.0 Å². The molecule has 1 fully saturated rings. The summed E-state index contributed by atoms with van der Waals surface area (Å²) in [4.78, 5) is 27.2. The molecule has 2 heterocycles. The minimum Gasteiger partial charge on any atom is -0.487 e. The van der Waals surface area contributed by atoms with Gasteiger partial charge in [-0.2, -0.15) is 0 Å². The number of ether oxygens (including phenoxy) is 4. The molecule has 3 aromatic rings. The van der Waals surface area contributed by atoms with Gasteiger partial charge >= 0.3 is 6.09 Å². The number of aryl methyl sites for hydroxylation is 1. The topological polar surface area (TPSA) is 132 Å². The Labute approximate surface area is 362 Å². The summed E-state index contributed by atoms with van der Waals surface area (Å²) in [5.41, 5.74) is 5.21. The Hall–Kier alpha value is -4.71. The van der Waals surface area contributed by atoms with Crippen LogP contribution in [0, 0.1) is 30.1 Å². The van der Waals surface area contributed by atoms with Crippen LogP contribution in [0.4, 0.5) is 4.79 Å². The number of oxime groups is 1. The number of carbonyl (C=O) groups is 1. The Bertz CT molecular complexity index is 1960. The average molecular weight is 838 g/mol. The lowest BCUT2D eigenvalue weighted by atomic mass is 9.55. The first-order valence-corrected chi connectivity index (χ1v) is 22.2. The maximum Gasteiger partial charge on any atom is 0.410 e. The van der Waals surface area contributed by atoms with Gasteiger partial charge in [0.1, 0.15) is 30.8 Å². The molecule has 3 aliphatic rings. The van der Waals surface area contributed by atoms with Crippen LogP contribution in [-0.2, 0) is 27.5 Å². The van der Waals surface area contributed by atoms with Crippen LogP contribution in [0.3, 0.4) is 0 Å². The van der Waals surface area contributed by atoms with E-state index in [1.165, 1.54) is 0 Å². The van der Waals surface area contributed by atoms with Gasteiger partial charge in [0.2, 0.25) is 5.79 Å². The summed E-state index contributed by atoms with van der Waals surface area (Å²) in [5, 5.41) is 24.8. The second kappa shape index (κ2) is 21.4. The van der Waals surface area contributed by atoms with Crippen molar-refractivity contribution in [1.82, 2.24) is 9.88 Å². The van der Waals surface area contributed by atoms with Crippen LogP contribution >= 0.6 is 0 Å². The van der Waals surface area contributed by atoms with Crippen molar-refractivity contribution in [2.24, 2.45) is 28.3 Å². The molecular weight excluding hydrogens is 771 g/mol. The van der Waals surface area contributed by atoms with E-state index in [1.807, 2.05) is 88.4 Å². The zero-order valence-corrected chi connectivity index (χ0v) is 36.9. The molecule has 2 aromatic carbocycles. The van der Waals surface area contributed by atoms with Gasteiger partial charge in [-0.25, -0.2) is 4.79 Å². The quantitative estimate of drug-likeness (QED) is 0.0612. The fraction of sp³-hybridized carbons (Fsp3) is 0.540. The number of aromatic nitrogens is 1. The minimum absolute atomic E-state index is 0.0831. The summed E-state index contributed by atoms with van der Waals surface area (Å²) in [6.07, 6.45) is 9.34. The maximum atomic E-state index is 14.5. The molecule has 330 valence electrons. The monoisotopic (exact) mass is 837 g/mol. The molecule has 1 aromatic heterocycles. The molecule has 0 unspecified atom stereocenters. The summed E-state index contributed by atoms with van der Waals surface area (Å²) in [6.45, 7) is 15.8. The molecule has 61 heavy (non-hydrogen) atoms. The highest BCUT2D eigenvalue weighted by molar-refractivity contribution is 6.03. The number of fused-ring (bicyclic) bond motifs is 2. The van der Waals surface area contributed by atoms with E-state index >= 15 is 0 Å². The zero-order valence-electron chi connectivity index (χ0n) is 36.9. The Balaban J connectivity index is 1.55. The highest BCUT2D eigenvalue weighted by Gasteiger charge is 2.65. The molecule has 1 saturated carbocycles. The molecular formula is C50H67N3O8. The lowest BCUT2D eigenvalue weighted by molar-refractivity contribution is -0.255. The van der Waals surface area contributed by atoms with Crippen LogP contribution < -0.4 is 9.47 Å². The SMILES string of the molecule is C=CCO[C@@]12Oc3ccc(OCc4cccc(C)n4)cc3[C@H]3[C@H](CCCCO)[C@@H](CCCCO)C=C(C(=NOCc4ccccc4)C[C@@H]1N(CCC)C(=O)OCC(C)(C)C)[C@H]32. The second-order valence-corrected chi connectivity index (χ2v) is 17.9. The van der Waals surface area contributed by atoms with Gasteiger partial charge in [0.05, 0.1) is 30.5 Å². The Kier molecular flexibility index (Phi) is 16.1. The first-order chi connectivity index (χ1) is 29.5. The van der Waals surface area contributed by atoms with E-state index in [2.05, 4.69) is 30.6 Å². The summed E-state index contributed by atoms with van der Waals surface area (Å²) in [6, 6.07) is 21.2. The van der Waals surface area contributed by atoms with Crippen LogP contribution in [0.15, 0.2) is 96.2 Å². The predicted molar refractivity (Wildman–Crippen MR) is 237 cm³/mol. The number of aliphatic hydroxyl groups is 2. The van der Waals surface area contributed by atoms with Crippen LogP contribution in [0.25, 0.3) is 0 Å². The number of pyridine rings is 1. The Morgan fingerprint density at radius 1 is 1.02 bits per heavy atom. The van der Waals surface area contributed by atoms with Crippen LogP contribution in [0.2, 0.25) is 0 Å². The fourth-order valence-electron chi connectivity index (χ4n) is 9.31. The third kappa shape index (κ3) is 11.2. The Morgan fingerprint density at radius 3 is 2.49 bits per heavy atom. The molecule has 0 bridgehead atoms. The van der Waals surface area contributed by atoms with Crippen molar-refractivity contribution in [2.45, 2.75) is 117 Å². The largest absolute Gasteiger partial charge is 0.487 e. The normalized spacial score (nSPS) is 23.6. The van der Waals surface area contributed by atoms with Gasteiger partial charge in [0.25, 0.3) is 0 Å². The van der Waals surface area contributed by atoms with Gasteiger partial charge < -0.3 is 34.0 Å². The highest BCUT2D eigenvalue weighted by Crippen LogP contribution is 2.62. The van der Waals surface area contributed by atoms with E-state index in [1.54, 1.807) is 11.0 Å². The lowest BCUT2D eigenvalue weighted by Crippen LogP contribution is -2.70. The number of aliphatic hydroxyl groups excluding tert-OH is 2. The van der Waals surface area contributed by atoms with Gasteiger partial charge in [0, 0.05) is 43.4 Å². The molecule has 2 aliphatic carbocycles. The number of allylic oxidation sites excluding steroid dienone is 1. The molecule has 0 spiro atoms. The van der Waals surface area contributed by atoms with Crippen LogP contribution in [0.1, 0.15) is 107 Å². The summed E-state index contributed by atoms with van der Waals surface area (Å²) >= 11 is 0. The smallest absolute Gasteiger partial charge is 0.410 e. The number of amides is 1. The number of rotatable bonds is 21. The average Bonchev–Trinajstić information content (AvgIpc) is 3.25. The number of nitrogens with zero attached hydrogens (tertiary/aromatic N) is 3. The Morgan fingerprint density at radius 2 is 1.79 bits per heavy atom. The van der Waals surface area contributed by atoms with Gasteiger partial charge in [-0.1, -0.05) is 94.2 Å². The molecule has 6 rings (SSSR count). The van der Waals surface area contributed by atoms with E-state index < -0.39 is 23.8 Å². The van der Waals surface area contributed by atoms with Crippen molar-refractivity contribution in [3.05, 3.63) is 114 Å². The van der Waals surface area contributed by atoms with Gasteiger partial charge in [0.15, 0.2) is 0 Å². The first kappa shape index (κ1) is 45.8. The van der Waals surface area contributed by atoms with Gasteiger partial charge in [-0.05, 0) is 97.7 Å². The van der Waals surface area contributed by atoms with Crippen molar-refractivity contribution in [3.8, 4) is 11.5 Å². The van der Waals surface area contributed by atoms with Crippen molar-refractivity contribution in [2.75, 3.05) is 33.0 Å². The molecule has 1 amide bonds. The molecule has 11 heteroatoms. The van der Waals surface area contributed by atoms with E-state index in [0.29, 0.717) is 50.3 Å². The van der Waals surface area contributed by atoms with Crippen LogP contribution in [-0.4, -0.2) is 76.7 Å². The third-order valence-corrected chi connectivity index (χ3v) is 11.9.